The van der Waals surface area contributed by atoms with Gasteiger partial charge in [0.15, 0.2) is 0 Å². The number of halogens is 4. The van der Waals surface area contributed by atoms with Gasteiger partial charge in [0.2, 0.25) is 0 Å². The summed E-state index contributed by atoms with van der Waals surface area (Å²) in [7, 11) is 0. The van der Waals surface area contributed by atoms with Crippen molar-refractivity contribution in [2.75, 3.05) is 13.1 Å². The first-order chi connectivity index (χ1) is 4.91. The van der Waals surface area contributed by atoms with E-state index in [-0.39, 0.29) is 13.1 Å². The number of carbonyl (C=O) groups excluding carboxylic acids is 1. The molecule has 0 atom stereocenters. The van der Waals surface area contributed by atoms with Gasteiger partial charge in [0.05, 0.1) is 13.1 Å². The summed E-state index contributed by atoms with van der Waals surface area (Å²) in [5, 5.41) is 0. The normalized spacial score (nSPS) is 19.8. The van der Waals surface area contributed by atoms with Gasteiger partial charge in [-0.3, -0.25) is 4.79 Å². The van der Waals surface area contributed by atoms with Crippen LogP contribution in [0.4, 0.5) is 13.2 Å². The number of carbonyl (C=O) groups is 1. The summed E-state index contributed by atoms with van der Waals surface area (Å²) in [5.74, 6) is -1.37. The fraction of sp³-hybridized carbons (Fsp3) is 0.800. The molecule has 0 aliphatic carbocycles. The molecular weight excluding hydrogens is 227 g/mol. The second-order valence-corrected chi connectivity index (χ2v) is 3.30. The Morgan fingerprint density at radius 2 is 2.00 bits per heavy atom. The highest BCUT2D eigenvalue weighted by atomic mass is 79.9. The molecule has 0 aromatic rings. The monoisotopic (exact) mass is 231 g/mol. The van der Waals surface area contributed by atoms with E-state index in [1.54, 1.807) is 0 Å². The number of hydrogen-bond acceptors (Lipinski definition) is 1. The van der Waals surface area contributed by atoms with Gasteiger partial charge in [0.1, 0.15) is 6.17 Å². The van der Waals surface area contributed by atoms with Crippen molar-refractivity contribution in [2.24, 2.45) is 0 Å². The SMILES string of the molecule is O=C(N1CC(F)C1)C(F)(F)Br. The lowest BCUT2D eigenvalue weighted by Crippen LogP contribution is -2.55. The third-order valence-electron chi connectivity index (χ3n) is 1.37. The predicted octanol–water partition coefficient (Wildman–Crippen LogP) is 1.15. The highest BCUT2D eigenvalue weighted by molar-refractivity contribution is 9.10. The van der Waals surface area contributed by atoms with Gasteiger partial charge in [0, 0.05) is 15.9 Å². The average Bonchev–Trinajstić information content (AvgIpc) is 1.77. The first-order valence-electron chi connectivity index (χ1n) is 2.91. The van der Waals surface area contributed by atoms with Gasteiger partial charge in [-0.25, -0.2) is 4.39 Å². The number of amides is 1. The molecule has 64 valence electrons. The maximum atomic E-state index is 12.1. The summed E-state index contributed by atoms with van der Waals surface area (Å²) in [5.41, 5.74) is 0. The standard InChI is InChI=1S/C5H5BrF3NO/c6-5(8,9)4(11)10-1-3(7)2-10/h3H,1-2H2. The Morgan fingerprint density at radius 3 is 2.27 bits per heavy atom. The van der Waals surface area contributed by atoms with Gasteiger partial charge in [-0.1, -0.05) is 0 Å². The van der Waals surface area contributed by atoms with Crippen LogP contribution >= 0.6 is 15.9 Å². The summed E-state index contributed by atoms with van der Waals surface area (Å²) < 4.78 is 36.3. The van der Waals surface area contributed by atoms with Crippen molar-refractivity contribution in [3.8, 4) is 0 Å². The number of nitrogens with zero attached hydrogens (tertiary/aromatic N) is 1. The second kappa shape index (κ2) is 2.66. The Kier molecular flexibility index (Phi) is 2.13. The minimum atomic E-state index is -3.55. The van der Waals surface area contributed by atoms with Gasteiger partial charge >= 0.3 is 10.7 Å². The lowest BCUT2D eigenvalue weighted by molar-refractivity contribution is -0.152. The molecule has 0 radical (unpaired) electrons. The quantitative estimate of drug-likeness (QED) is 0.621. The molecule has 1 fully saturated rings. The molecule has 0 aromatic heterocycles. The number of alkyl halides is 4. The van der Waals surface area contributed by atoms with Crippen LogP contribution in [0, 0.1) is 0 Å². The molecule has 0 spiro atoms. The summed E-state index contributed by atoms with van der Waals surface area (Å²) >= 11 is 1.89. The van der Waals surface area contributed by atoms with E-state index in [4.69, 9.17) is 0 Å². The average molecular weight is 232 g/mol. The smallest absolute Gasteiger partial charge is 0.331 e. The van der Waals surface area contributed by atoms with Crippen molar-refractivity contribution in [2.45, 2.75) is 11.0 Å². The van der Waals surface area contributed by atoms with Crippen LogP contribution in [-0.4, -0.2) is 34.9 Å². The van der Waals surface area contributed by atoms with Crippen LogP contribution in [0.15, 0.2) is 0 Å². The van der Waals surface area contributed by atoms with Crippen molar-refractivity contribution in [1.29, 1.82) is 0 Å². The Morgan fingerprint density at radius 1 is 1.55 bits per heavy atom. The molecule has 0 N–H and O–H groups in total. The third kappa shape index (κ3) is 1.85. The molecule has 11 heavy (non-hydrogen) atoms. The number of hydrogen-bond donors (Lipinski definition) is 0. The van der Waals surface area contributed by atoms with Gasteiger partial charge in [-0.05, 0) is 0 Å². The predicted molar refractivity (Wildman–Crippen MR) is 35.4 cm³/mol. The largest absolute Gasteiger partial charge is 0.377 e. The van der Waals surface area contributed by atoms with Crippen LogP contribution in [-0.2, 0) is 4.79 Å². The van der Waals surface area contributed by atoms with E-state index in [1.165, 1.54) is 0 Å². The minimum Gasteiger partial charge on any atom is -0.331 e. The highest BCUT2D eigenvalue weighted by Crippen LogP contribution is 2.27. The molecule has 0 saturated carbocycles. The molecule has 1 aliphatic rings. The molecule has 1 saturated heterocycles. The maximum absolute atomic E-state index is 12.1. The van der Waals surface area contributed by atoms with Gasteiger partial charge < -0.3 is 4.90 Å². The number of rotatable bonds is 1. The minimum absolute atomic E-state index is 0.222. The lowest BCUT2D eigenvalue weighted by Gasteiger charge is -2.35. The van der Waals surface area contributed by atoms with Crippen LogP contribution < -0.4 is 0 Å². The summed E-state index contributed by atoms with van der Waals surface area (Å²) in [4.78, 5) is 7.77. The van der Waals surface area contributed by atoms with E-state index in [0.717, 1.165) is 4.90 Å². The summed E-state index contributed by atoms with van der Waals surface area (Å²) in [6, 6.07) is 0. The first-order valence-corrected chi connectivity index (χ1v) is 3.70. The molecule has 1 amide bonds. The van der Waals surface area contributed by atoms with Crippen molar-refractivity contribution >= 4 is 21.8 Å². The van der Waals surface area contributed by atoms with E-state index >= 15 is 0 Å². The van der Waals surface area contributed by atoms with E-state index in [1.807, 2.05) is 15.9 Å². The molecule has 1 aliphatic heterocycles. The van der Waals surface area contributed by atoms with Crippen LogP contribution in [0.5, 0.6) is 0 Å². The molecule has 1 heterocycles. The van der Waals surface area contributed by atoms with E-state index in [2.05, 4.69) is 0 Å². The Hall–Kier alpha value is -0.260. The zero-order valence-electron chi connectivity index (χ0n) is 5.36. The molecule has 6 heteroatoms. The highest BCUT2D eigenvalue weighted by Gasteiger charge is 2.43. The fourth-order valence-corrected chi connectivity index (χ4v) is 1.02. The van der Waals surface area contributed by atoms with Gasteiger partial charge in [0.25, 0.3) is 0 Å². The zero-order valence-corrected chi connectivity index (χ0v) is 6.94. The maximum Gasteiger partial charge on any atom is 0.377 e. The van der Waals surface area contributed by atoms with E-state index < -0.39 is 16.9 Å². The molecule has 1 rings (SSSR count). The number of likely N-dealkylation sites (tertiary alicyclic amines) is 1. The van der Waals surface area contributed by atoms with E-state index in [0.29, 0.717) is 0 Å². The zero-order chi connectivity index (χ0) is 8.65. The van der Waals surface area contributed by atoms with Crippen molar-refractivity contribution in [3.63, 3.8) is 0 Å². The Labute approximate surface area is 69.5 Å². The van der Waals surface area contributed by atoms with Crippen LogP contribution in [0.3, 0.4) is 0 Å². The first kappa shape index (κ1) is 8.83. The van der Waals surface area contributed by atoms with E-state index in [9.17, 15) is 18.0 Å². The van der Waals surface area contributed by atoms with Crippen LogP contribution in [0.25, 0.3) is 0 Å². The fourth-order valence-electron chi connectivity index (χ4n) is 0.770. The van der Waals surface area contributed by atoms with Crippen LogP contribution in [0.1, 0.15) is 0 Å². The summed E-state index contributed by atoms with van der Waals surface area (Å²) in [6.07, 6.45) is -1.14. The molecule has 0 unspecified atom stereocenters. The van der Waals surface area contributed by atoms with Crippen LogP contribution in [0.2, 0.25) is 0 Å². The molecule has 0 aromatic carbocycles. The molecule has 2 nitrogen and oxygen atoms in total. The lowest BCUT2D eigenvalue weighted by atomic mass is 10.2. The second-order valence-electron chi connectivity index (χ2n) is 2.31. The summed E-state index contributed by atoms with van der Waals surface area (Å²) in [6.45, 7) is -0.444. The molecular formula is C5H5BrF3NO. The topological polar surface area (TPSA) is 20.3 Å². The van der Waals surface area contributed by atoms with Crippen molar-refractivity contribution in [3.05, 3.63) is 0 Å². The Bertz CT molecular complexity index is 175. The van der Waals surface area contributed by atoms with Gasteiger partial charge in [-0.2, -0.15) is 8.78 Å². The molecule has 0 bridgehead atoms. The van der Waals surface area contributed by atoms with Crippen molar-refractivity contribution < 1.29 is 18.0 Å². The Balaban J connectivity index is 2.45. The third-order valence-corrected chi connectivity index (χ3v) is 1.71. The van der Waals surface area contributed by atoms with Crippen molar-refractivity contribution in [1.82, 2.24) is 4.90 Å². The van der Waals surface area contributed by atoms with Gasteiger partial charge in [-0.15, -0.1) is 0 Å².